The van der Waals surface area contributed by atoms with Gasteiger partial charge in [-0.1, -0.05) is 11.6 Å². The van der Waals surface area contributed by atoms with Crippen molar-refractivity contribution < 1.29 is 9.47 Å². The molecule has 1 aromatic carbocycles. The van der Waals surface area contributed by atoms with Crippen molar-refractivity contribution in [2.24, 2.45) is 5.73 Å². The topological polar surface area (TPSA) is 44.5 Å². The normalized spacial score (nSPS) is 19.8. The molecule has 0 aliphatic carbocycles. The van der Waals surface area contributed by atoms with Gasteiger partial charge in [-0.2, -0.15) is 0 Å². The van der Waals surface area contributed by atoms with Crippen LogP contribution in [0.2, 0.25) is 5.02 Å². The van der Waals surface area contributed by atoms with E-state index in [9.17, 15) is 0 Å². The molecule has 0 saturated heterocycles. The first-order chi connectivity index (χ1) is 6.72. The van der Waals surface area contributed by atoms with Gasteiger partial charge in [-0.3, -0.25) is 0 Å². The zero-order valence-electron chi connectivity index (χ0n) is 7.92. The Bertz CT molecular complexity index is 354. The van der Waals surface area contributed by atoms with E-state index >= 15 is 0 Å². The first kappa shape index (κ1) is 9.62. The van der Waals surface area contributed by atoms with Gasteiger partial charge < -0.3 is 15.2 Å². The van der Waals surface area contributed by atoms with E-state index in [1.54, 1.807) is 13.2 Å². The van der Waals surface area contributed by atoms with E-state index in [2.05, 4.69) is 0 Å². The molecule has 14 heavy (non-hydrogen) atoms. The molecule has 3 nitrogen and oxygen atoms in total. The van der Waals surface area contributed by atoms with Crippen LogP contribution in [0.5, 0.6) is 11.5 Å². The zero-order valence-corrected chi connectivity index (χ0v) is 8.67. The van der Waals surface area contributed by atoms with Crippen molar-refractivity contribution in [2.45, 2.75) is 12.5 Å². The van der Waals surface area contributed by atoms with Crippen molar-refractivity contribution in [3.63, 3.8) is 0 Å². The van der Waals surface area contributed by atoms with E-state index in [0.29, 0.717) is 17.4 Å². The Morgan fingerprint density at radius 1 is 1.57 bits per heavy atom. The SMILES string of the molecule is COc1cc(Cl)cc2c1OCCC2N. The molecule has 1 unspecified atom stereocenters. The molecule has 2 N–H and O–H groups in total. The predicted octanol–water partition coefficient (Wildman–Crippen LogP) is 2.13. The van der Waals surface area contributed by atoms with Crippen LogP contribution in [0.25, 0.3) is 0 Å². The van der Waals surface area contributed by atoms with Gasteiger partial charge in [0, 0.05) is 29.1 Å². The third-order valence-electron chi connectivity index (χ3n) is 2.34. The molecule has 1 aliphatic rings. The molecule has 76 valence electrons. The number of halogens is 1. The summed E-state index contributed by atoms with van der Waals surface area (Å²) in [5.41, 5.74) is 6.88. The molecule has 1 aromatic rings. The van der Waals surface area contributed by atoms with E-state index in [1.165, 1.54) is 0 Å². The minimum Gasteiger partial charge on any atom is -0.493 e. The average Bonchev–Trinajstić information content (AvgIpc) is 2.18. The number of benzene rings is 1. The number of ether oxygens (including phenoxy) is 2. The zero-order chi connectivity index (χ0) is 10.1. The summed E-state index contributed by atoms with van der Waals surface area (Å²) in [4.78, 5) is 0. The summed E-state index contributed by atoms with van der Waals surface area (Å²) in [5.74, 6) is 1.39. The average molecular weight is 214 g/mol. The van der Waals surface area contributed by atoms with Crippen LogP contribution in [0, 0.1) is 0 Å². The molecule has 1 aliphatic heterocycles. The molecule has 2 rings (SSSR count). The van der Waals surface area contributed by atoms with Crippen LogP contribution in [0.1, 0.15) is 18.0 Å². The molecule has 1 heterocycles. The van der Waals surface area contributed by atoms with Gasteiger partial charge in [0.25, 0.3) is 0 Å². The van der Waals surface area contributed by atoms with Gasteiger partial charge in [0.1, 0.15) is 0 Å². The second kappa shape index (κ2) is 3.67. The van der Waals surface area contributed by atoms with Crippen LogP contribution >= 0.6 is 11.6 Å². The minimum absolute atomic E-state index is 0.00801. The standard InChI is InChI=1S/C10H12ClNO2/c1-13-9-5-6(11)4-7-8(12)2-3-14-10(7)9/h4-5,8H,2-3,12H2,1H3. The quantitative estimate of drug-likeness (QED) is 0.777. The summed E-state index contributed by atoms with van der Waals surface area (Å²) >= 11 is 5.93. The molecule has 0 radical (unpaired) electrons. The van der Waals surface area contributed by atoms with E-state index < -0.39 is 0 Å². The number of rotatable bonds is 1. The Kier molecular flexibility index (Phi) is 2.52. The van der Waals surface area contributed by atoms with E-state index in [4.69, 9.17) is 26.8 Å². The molecule has 1 atom stereocenters. The predicted molar refractivity (Wildman–Crippen MR) is 55.0 cm³/mol. The molecule has 0 saturated carbocycles. The van der Waals surface area contributed by atoms with E-state index in [-0.39, 0.29) is 6.04 Å². The molecule has 0 fully saturated rings. The van der Waals surface area contributed by atoms with Gasteiger partial charge in [-0.15, -0.1) is 0 Å². The van der Waals surface area contributed by atoms with Crippen LogP contribution in [0.3, 0.4) is 0 Å². The minimum atomic E-state index is -0.00801. The van der Waals surface area contributed by atoms with E-state index in [0.717, 1.165) is 17.7 Å². The van der Waals surface area contributed by atoms with E-state index in [1.807, 2.05) is 6.07 Å². The van der Waals surface area contributed by atoms with Crippen molar-refractivity contribution in [1.29, 1.82) is 0 Å². The number of hydrogen-bond donors (Lipinski definition) is 1. The Morgan fingerprint density at radius 2 is 2.36 bits per heavy atom. The molecule has 0 bridgehead atoms. The number of methoxy groups -OCH3 is 1. The molecule has 0 spiro atoms. The Morgan fingerprint density at radius 3 is 3.07 bits per heavy atom. The Hall–Kier alpha value is -0.930. The fourth-order valence-electron chi connectivity index (χ4n) is 1.61. The molecular formula is C10H12ClNO2. The van der Waals surface area contributed by atoms with Gasteiger partial charge >= 0.3 is 0 Å². The smallest absolute Gasteiger partial charge is 0.166 e. The molecule has 4 heteroatoms. The highest BCUT2D eigenvalue weighted by Gasteiger charge is 2.22. The third kappa shape index (κ3) is 1.53. The second-order valence-electron chi connectivity index (χ2n) is 3.27. The molecular weight excluding hydrogens is 202 g/mol. The van der Waals surface area contributed by atoms with Crippen molar-refractivity contribution in [3.05, 3.63) is 22.7 Å². The summed E-state index contributed by atoms with van der Waals surface area (Å²) < 4.78 is 10.7. The van der Waals surface area contributed by atoms with Gasteiger partial charge in [-0.25, -0.2) is 0 Å². The summed E-state index contributed by atoms with van der Waals surface area (Å²) in [6.45, 7) is 0.631. The molecule has 0 amide bonds. The monoisotopic (exact) mass is 213 g/mol. The van der Waals surface area contributed by atoms with Crippen LogP contribution < -0.4 is 15.2 Å². The number of fused-ring (bicyclic) bond motifs is 1. The van der Waals surface area contributed by atoms with Gasteiger partial charge in [0.2, 0.25) is 0 Å². The Labute approximate surface area is 87.8 Å². The lowest BCUT2D eigenvalue weighted by molar-refractivity contribution is 0.253. The number of hydrogen-bond acceptors (Lipinski definition) is 3. The highest BCUT2D eigenvalue weighted by atomic mass is 35.5. The summed E-state index contributed by atoms with van der Waals surface area (Å²) in [6, 6.07) is 3.56. The van der Waals surface area contributed by atoms with Crippen molar-refractivity contribution in [2.75, 3.05) is 13.7 Å². The maximum Gasteiger partial charge on any atom is 0.166 e. The lowest BCUT2D eigenvalue weighted by Crippen LogP contribution is -2.20. The highest BCUT2D eigenvalue weighted by Crippen LogP contribution is 2.40. The van der Waals surface area contributed by atoms with Crippen molar-refractivity contribution >= 4 is 11.6 Å². The second-order valence-corrected chi connectivity index (χ2v) is 3.71. The summed E-state index contributed by atoms with van der Waals surface area (Å²) in [5, 5.41) is 0.626. The maximum absolute atomic E-state index is 5.94. The Balaban J connectivity index is 2.54. The maximum atomic E-state index is 5.94. The summed E-state index contributed by atoms with van der Waals surface area (Å²) in [6.07, 6.45) is 0.816. The first-order valence-electron chi connectivity index (χ1n) is 4.48. The highest BCUT2D eigenvalue weighted by molar-refractivity contribution is 6.30. The lowest BCUT2D eigenvalue weighted by atomic mass is 10.0. The van der Waals surface area contributed by atoms with Crippen molar-refractivity contribution in [1.82, 2.24) is 0 Å². The number of nitrogens with two attached hydrogens (primary N) is 1. The fourth-order valence-corrected chi connectivity index (χ4v) is 1.83. The van der Waals surface area contributed by atoms with Crippen LogP contribution in [0.15, 0.2) is 12.1 Å². The molecule has 0 aromatic heterocycles. The summed E-state index contributed by atoms with van der Waals surface area (Å²) in [7, 11) is 1.59. The first-order valence-corrected chi connectivity index (χ1v) is 4.86. The fraction of sp³-hybridized carbons (Fsp3) is 0.400. The van der Waals surface area contributed by atoms with Crippen LogP contribution in [-0.2, 0) is 0 Å². The third-order valence-corrected chi connectivity index (χ3v) is 2.56. The van der Waals surface area contributed by atoms with Crippen LogP contribution in [-0.4, -0.2) is 13.7 Å². The largest absolute Gasteiger partial charge is 0.493 e. The van der Waals surface area contributed by atoms with Crippen molar-refractivity contribution in [3.8, 4) is 11.5 Å². The van der Waals surface area contributed by atoms with Gasteiger partial charge in [0.15, 0.2) is 11.5 Å². The van der Waals surface area contributed by atoms with Crippen LogP contribution in [0.4, 0.5) is 0 Å². The van der Waals surface area contributed by atoms with Gasteiger partial charge in [0.05, 0.1) is 13.7 Å². The lowest BCUT2D eigenvalue weighted by Gasteiger charge is -2.24. The van der Waals surface area contributed by atoms with Gasteiger partial charge in [-0.05, 0) is 6.07 Å².